The van der Waals surface area contributed by atoms with Crippen LogP contribution >= 0.6 is 0 Å². The molecule has 0 N–H and O–H groups in total. The van der Waals surface area contributed by atoms with Gasteiger partial charge in [-0.1, -0.05) is 108 Å². The molecular weight excluding hydrogens is 568 g/mol. The predicted molar refractivity (Wildman–Crippen MR) is 191 cm³/mol. The minimum atomic E-state index is -0.334. The Kier molecular flexibility index (Phi) is 15.8. The van der Waals surface area contributed by atoms with Crippen molar-refractivity contribution in [3.8, 4) is 17.2 Å². The zero-order valence-electron chi connectivity index (χ0n) is 28.2. The summed E-state index contributed by atoms with van der Waals surface area (Å²) in [5.74, 6) is 3.54. The molecule has 4 rings (SSSR count). The highest BCUT2D eigenvalue weighted by Gasteiger charge is 2.22. The van der Waals surface area contributed by atoms with Gasteiger partial charge in [0.1, 0.15) is 17.2 Å². The molecule has 0 amide bonds. The number of esters is 1. The normalized spacial score (nSPS) is 16.1. The first-order valence-electron chi connectivity index (χ1n) is 18.0. The highest BCUT2D eigenvalue weighted by molar-refractivity contribution is 5.91. The minimum absolute atomic E-state index is 0.334. The monoisotopic (exact) mass is 624 g/mol. The molecule has 0 radical (unpaired) electrons. The van der Waals surface area contributed by atoms with Crippen molar-refractivity contribution in [2.45, 2.75) is 116 Å². The van der Waals surface area contributed by atoms with Crippen molar-refractivity contribution in [2.75, 3.05) is 13.2 Å². The van der Waals surface area contributed by atoms with E-state index in [0.717, 1.165) is 42.4 Å². The first kappa shape index (κ1) is 35.3. The molecule has 46 heavy (non-hydrogen) atoms. The molecule has 3 aromatic carbocycles. The Balaban J connectivity index is 0.997. The lowest BCUT2D eigenvalue weighted by atomic mass is 9.77. The topological polar surface area (TPSA) is 44.8 Å². The standard InChI is InChI=1S/C42H56O4/c1-3-5-15-35-16-20-36(21-17-35)37-22-30-41(31-23-37)46-42(43)38-24-28-40(29-25-38)45-33-14-12-10-8-6-7-9-11-13-32-44-39-26-18-34(4-2)19-27-39/h4,18-19,22-31,35-36H,2-3,5-17,20-21,32-33H2,1H3. The molecule has 4 heteroatoms. The van der Waals surface area contributed by atoms with Gasteiger partial charge in [-0.15, -0.1) is 0 Å². The summed E-state index contributed by atoms with van der Waals surface area (Å²) in [4.78, 5) is 12.7. The van der Waals surface area contributed by atoms with Crippen LogP contribution in [0.15, 0.2) is 79.4 Å². The van der Waals surface area contributed by atoms with Crippen LogP contribution in [0.3, 0.4) is 0 Å². The van der Waals surface area contributed by atoms with Crippen molar-refractivity contribution in [3.63, 3.8) is 0 Å². The number of benzene rings is 3. The molecule has 0 aromatic heterocycles. The second-order valence-corrected chi connectivity index (χ2v) is 13.0. The number of hydrogen-bond acceptors (Lipinski definition) is 4. The van der Waals surface area contributed by atoms with Crippen LogP contribution in [-0.4, -0.2) is 19.2 Å². The molecule has 1 fully saturated rings. The largest absolute Gasteiger partial charge is 0.494 e. The number of unbranched alkanes of at least 4 members (excludes halogenated alkanes) is 9. The summed E-state index contributed by atoms with van der Waals surface area (Å²) in [5.41, 5.74) is 3.02. The van der Waals surface area contributed by atoms with E-state index in [1.54, 1.807) is 12.1 Å². The van der Waals surface area contributed by atoms with E-state index in [1.807, 2.05) is 54.6 Å². The summed E-state index contributed by atoms with van der Waals surface area (Å²) in [7, 11) is 0. The lowest BCUT2D eigenvalue weighted by molar-refractivity contribution is 0.0734. The second kappa shape index (κ2) is 20.6. The molecule has 0 spiro atoms. The molecule has 1 aliphatic rings. The van der Waals surface area contributed by atoms with Gasteiger partial charge in [0.25, 0.3) is 0 Å². The number of carbonyl (C=O) groups is 1. The van der Waals surface area contributed by atoms with E-state index in [9.17, 15) is 4.79 Å². The highest BCUT2D eigenvalue weighted by atomic mass is 16.5. The molecular formula is C42H56O4. The fraction of sp³-hybridized carbons (Fsp3) is 0.500. The highest BCUT2D eigenvalue weighted by Crippen LogP contribution is 2.38. The van der Waals surface area contributed by atoms with Crippen LogP contribution in [0, 0.1) is 5.92 Å². The second-order valence-electron chi connectivity index (χ2n) is 13.0. The maximum absolute atomic E-state index is 12.7. The molecule has 1 saturated carbocycles. The van der Waals surface area contributed by atoms with E-state index in [0.29, 0.717) is 23.8 Å². The van der Waals surface area contributed by atoms with Crippen LogP contribution in [0.5, 0.6) is 17.2 Å². The maximum atomic E-state index is 12.7. The van der Waals surface area contributed by atoms with Crippen LogP contribution in [-0.2, 0) is 0 Å². The average Bonchev–Trinajstić information content (AvgIpc) is 3.10. The van der Waals surface area contributed by atoms with E-state index < -0.39 is 0 Å². The van der Waals surface area contributed by atoms with Crippen molar-refractivity contribution in [1.82, 2.24) is 0 Å². The quantitative estimate of drug-likeness (QED) is 0.0672. The molecule has 0 aliphatic heterocycles. The fourth-order valence-corrected chi connectivity index (χ4v) is 6.46. The van der Waals surface area contributed by atoms with Gasteiger partial charge in [0.15, 0.2) is 0 Å². The average molecular weight is 625 g/mol. The lowest BCUT2D eigenvalue weighted by Gasteiger charge is -2.28. The minimum Gasteiger partial charge on any atom is -0.494 e. The van der Waals surface area contributed by atoms with Crippen molar-refractivity contribution in [2.24, 2.45) is 5.92 Å². The Morgan fingerprint density at radius 1 is 0.652 bits per heavy atom. The van der Waals surface area contributed by atoms with Crippen molar-refractivity contribution in [1.29, 1.82) is 0 Å². The molecule has 0 bridgehead atoms. The van der Waals surface area contributed by atoms with Crippen LogP contribution < -0.4 is 14.2 Å². The van der Waals surface area contributed by atoms with Crippen LogP contribution in [0.4, 0.5) is 0 Å². The summed E-state index contributed by atoms with van der Waals surface area (Å²) in [6.45, 7) is 7.55. The summed E-state index contributed by atoms with van der Waals surface area (Å²) in [5, 5.41) is 0. The Labute approximate surface area is 278 Å². The SMILES string of the molecule is C=Cc1ccc(OCCCCCCCCCCCOc2ccc(C(=O)Oc3ccc(C4CCC(CCCC)CC4)cc3)cc2)cc1. The van der Waals surface area contributed by atoms with E-state index in [-0.39, 0.29) is 5.97 Å². The number of hydrogen-bond donors (Lipinski definition) is 0. The Morgan fingerprint density at radius 2 is 1.15 bits per heavy atom. The van der Waals surface area contributed by atoms with Crippen LogP contribution in [0.25, 0.3) is 6.08 Å². The smallest absolute Gasteiger partial charge is 0.343 e. The zero-order valence-corrected chi connectivity index (χ0v) is 28.2. The Bertz CT molecular complexity index is 1250. The third-order valence-corrected chi connectivity index (χ3v) is 9.41. The molecule has 0 atom stereocenters. The van der Waals surface area contributed by atoms with E-state index in [1.165, 1.54) is 95.5 Å². The zero-order chi connectivity index (χ0) is 32.2. The van der Waals surface area contributed by atoms with Gasteiger partial charge in [0.2, 0.25) is 0 Å². The molecule has 1 aliphatic carbocycles. The Morgan fingerprint density at radius 3 is 1.67 bits per heavy atom. The molecule has 0 heterocycles. The van der Waals surface area contributed by atoms with Gasteiger partial charge < -0.3 is 14.2 Å². The summed E-state index contributed by atoms with van der Waals surface area (Å²) >= 11 is 0. The van der Waals surface area contributed by atoms with E-state index >= 15 is 0 Å². The molecule has 4 nitrogen and oxygen atoms in total. The summed E-state index contributed by atoms with van der Waals surface area (Å²) in [6, 6.07) is 23.5. The summed E-state index contributed by atoms with van der Waals surface area (Å²) in [6.07, 6.45) is 22.1. The van der Waals surface area contributed by atoms with Gasteiger partial charge in [-0.3, -0.25) is 0 Å². The van der Waals surface area contributed by atoms with E-state index in [2.05, 4.69) is 25.6 Å². The van der Waals surface area contributed by atoms with Crippen LogP contribution in [0.2, 0.25) is 0 Å². The third-order valence-electron chi connectivity index (χ3n) is 9.41. The molecule has 0 unspecified atom stereocenters. The van der Waals surface area contributed by atoms with E-state index in [4.69, 9.17) is 14.2 Å². The first-order chi connectivity index (χ1) is 22.6. The molecule has 0 saturated heterocycles. The van der Waals surface area contributed by atoms with Crippen molar-refractivity contribution < 1.29 is 19.0 Å². The van der Waals surface area contributed by atoms with Gasteiger partial charge in [0, 0.05) is 0 Å². The summed E-state index contributed by atoms with van der Waals surface area (Å²) < 4.78 is 17.4. The maximum Gasteiger partial charge on any atom is 0.343 e. The van der Waals surface area contributed by atoms with Crippen molar-refractivity contribution in [3.05, 3.63) is 96.1 Å². The van der Waals surface area contributed by atoms with Gasteiger partial charge in [-0.2, -0.15) is 0 Å². The number of ether oxygens (including phenoxy) is 3. The first-order valence-corrected chi connectivity index (χ1v) is 18.0. The number of rotatable bonds is 21. The molecule has 3 aromatic rings. The Hall–Kier alpha value is -3.53. The van der Waals surface area contributed by atoms with Gasteiger partial charge in [-0.25, -0.2) is 4.79 Å². The van der Waals surface area contributed by atoms with Gasteiger partial charge in [-0.05, 0) is 110 Å². The fourth-order valence-electron chi connectivity index (χ4n) is 6.46. The predicted octanol–water partition coefficient (Wildman–Crippen LogP) is 12.0. The van der Waals surface area contributed by atoms with Gasteiger partial charge >= 0.3 is 5.97 Å². The van der Waals surface area contributed by atoms with Gasteiger partial charge in [0.05, 0.1) is 18.8 Å². The third kappa shape index (κ3) is 12.7. The van der Waals surface area contributed by atoms with Crippen molar-refractivity contribution >= 4 is 12.0 Å². The van der Waals surface area contributed by atoms with Crippen LogP contribution in [0.1, 0.15) is 137 Å². The molecule has 248 valence electrons. The number of carbonyl (C=O) groups excluding carboxylic acids is 1. The lowest BCUT2D eigenvalue weighted by Crippen LogP contribution is -2.13.